The minimum absolute atomic E-state index is 0.829. The van der Waals surface area contributed by atoms with Gasteiger partial charge in [-0.15, -0.1) is 0 Å². The van der Waals surface area contributed by atoms with Crippen LogP contribution < -0.4 is 0 Å². The number of nitrogens with zero attached hydrogens (tertiary/aromatic N) is 2. The first-order valence-electron chi connectivity index (χ1n) is 5.50. The molecule has 0 bridgehead atoms. The summed E-state index contributed by atoms with van der Waals surface area (Å²) in [5, 5.41) is 0. The van der Waals surface area contributed by atoms with Gasteiger partial charge in [-0.05, 0) is 18.8 Å². The van der Waals surface area contributed by atoms with Crippen molar-refractivity contribution in [1.82, 2.24) is 4.90 Å². The van der Waals surface area contributed by atoms with Crippen molar-refractivity contribution >= 4 is 14.0 Å². The average Bonchev–Trinajstić information content (AvgIpc) is 2.74. The number of halogens is 6. The topological polar surface area (TPSA) is 6.25 Å². The van der Waals surface area contributed by atoms with Crippen molar-refractivity contribution < 1.29 is 29.8 Å². The molecule has 0 aromatic carbocycles. The Morgan fingerprint density at radius 2 is 1.42 bits per heavy atom. The van der Waals surface area contributed by atoms with E-state index in [0.717, 1.165) is 5.92 Å². The van der Waals surface area contributed by atoms with Gasteiger partial charge in [0.1, 0.15) is 14.1 Å². The van der Waals surface area contributed by atoms with Crippen LogP contribution in [0.25, 0.3) is 0 Å². The van der Waals surface area contributed by atoms with E-state index in [9.17, 15) is 25.2 Å². The third-order valence-electron chi connectivity index (χ3n) is 1.86. The van der Waals surface area contributed by atoms with Gasteiger partial charge in [0, 0.05) is 25.9 Å². The van der Waals surface area contributed by atoms with E-state index in [2.05, 4.69) is 50.1 Å². The van der Waals surface area contributed by atoms with Crippen LogP contribution in [0.4, 0.5) is 25.2 Å². The predicted molar refractivity (Wildman–Crippen MR) is 66.2 cm³/mol. The molecule has 1 saturated carbocycles. The van der Waals surface area contributed by atoms with Crippen LogP contribution in [0.1, 0.15) is 12.8 Å². The van der Waals surface area contributed by atoms with E-state index < -0.39 is 7.81 Å². The fourth-order valence-electron chi connectivity index (χ4n) is 1.26. The second kappa shape index (κ2) is 4.96. The Labute approximate surface area is 108 Å². The summed E-state index contributed by atoms with van der Waals surface area (Å²) in [4.78, 5) is 2.12. The third-order valence-corrected chi connectivity index (χ3v) is 1.86. The van der Waals surface area contributed by atoms with E-state index in [4.69, 9.17) is 0 Å². The zero-order valence-electron chi connectivity index (χ0n) is 11.3. The van der Waals surface area contributed by atoms with Crippen LogP contribution in [0, 0.1) is 5.92 Å². The number of rotatable bonds is 3. The van der Waals surface area contributed by atoms with E-state index in [1.807, 2.05) is 0 Å². The van der Waals surface area contributed by atoms with Crippen LogP contribution >= 0.6 is 7.81 Å². The van der Waals surface area contributed by atoms with E-state index >= 15 is 0 Å². The molecule has 1 fully saturated rings. The molecule has 1 rings (SSSR count). The van der Waals surface area contributed by atoms with Crippen molar-refractivity contribution in [1.29, 1.82) is 0 Å². The van der Waals surface area contributed by atoms with Crippen molar-refractivity contribution in [3.8, 4) is 0 Å². The molecule has 0 N–H and O–H groups in total. The Kier molecular flexibility index (Phi) is 4.76. The first-order valence-corrected chi connectivity index (χ1v) is 7.53. The molecule has 0 atom stereocenters. The molecule has 1 aliphatic carbocycles. The Hall–Kier alpha value is -0.780. The van der Waals surface area contributed by atoms with Gasteiger partial charge in [-0.2, -0.15) is 0 Å². The molecule has 9 heteroatoms. The molecule has 0 radical (unpaired) electrons. The summed E-state index contributed by atoms with van der Waals surface area (Å²) in [5.74, 6) is 0.829. The van der Waals surface area contributed by atoms with Gasteiger partial charge in [0.15, 0.2) is 6.21 Å². The molecule has 1 aliphatic rings. The standard InChI is InChI=1S/C10H19N2.F6P/c1-11(2)7-10(8-12(3)4)9-5-6-9;1-7(2,3,4,5)6/h7-9H,5-6H2,1-4H3;/q+1;-1. The molecule has 0 heterocycles. The van der Waals surface area contributed by atoms with Crippen molar-refractivity contribution in [2.45, 2.75) is 12.8 Å². The Morgan fingerprint density at radius 1 is 1.05 bits per heavy atom. The maximum absolute atomic E-state index is 10.7. The second-order valence-electron chi connectivity index (χ2n) is 4.92. The van der Waals surface area contributed by atoms with Gasteiger partial charge in [-0.1, -0.05) is 0 Å². The number of hydrogen-bond donors (Lipinski definition) is 0. The second-order valence-corrected chi connectivity index (χ2v) is 6.83. The summed E-state index contributed by atoms with van der Waals surface area (Å²) < 4.78 is 61.3. The summed E-state index contributed by atoms with van der Waals surface area (Å²) >= 11 is 0. The molecule has 0 unspecified atom stereocenters. The van der Waals surface area contributed by atoms with E-state index in [0.29, 0.717) is 0 Å². The van der Waals surface area contributed by atoms with Gasteiger partial charge < -0.3 is 4.90 Å². The summed E-state index contributed by atoms with van der Waals surface area (Å²) in [6.45, 7) is 0. The SMILES string of the molecule is CN(C)/C=C(/C=[N+](C)C)C1CC1.F[P-](F)(F)(F)(F)F. The number of allylic oxidation sites excluding steroid dienone is 1. The van der Waals surface area contributed by atoms with E-state index in [-0.39, 0.29) is 0 Å². The summed E-state index contributed by atoms with van der Waals surface area (Å²) in [6.07, 6.45) is 7.17. The van der Waals surface area contributed by atoms with Crippen LogP contribution in [-0.4, -0.2) is 43.9 Å². The predicted octanol–water partition coefficient (Wildman–Crippen LogP) is 4.57. The number of hydrogen-bond acceptors (Lipinski definition) is 1. The van der Waals surface area contributed by atoms with Crippen molar-refractivity contribution in [2.75, 3.05) is 28.2 Å². The Morgan fingerprint density at radius 3 is 1.63 bits per heavy atom. The Balaban J connectivity index is 0.000000399. The molecule has 0 saturated heterocycles. The zero-order chi connectivity index (χ0) is 15.5. The zero-order valence-corrected chi connectivity index (χ0v) is 12.2. The van der Waals surface area contributed by atoms with Gasteiger partial charge in [0.2, 0.25) is 0 Å². The van der Waals surface area contributed by atoms with Crippen LogP contribution in [-0.2, 0) is 0 Å². The van der Waals surface area contributed by atoms with Crippen LogP contribution in [0.15, 0.2) is 11.8 Å². The minimum atomic E-state index is -10.7. The molecule has 19 heavy (non-hydrogen) atoms. The molecule has 2 nitrogen and oxygen atoms in total. The van der Waals surface area contributed by atoms with Gasteiger partial charge in [0.25, 0.3) is 0 Å². The molecule has 0 amide bonds. The fourth-order valence-corrected chi connectivity index (χ4v) is 1.26. The van der Waals surface area contributed by atoms with Crippen LogP contribution in [0.2, 0.25) is 0 Å². The summed E-state index contributed by atoms with van der Waals surface area (Å²) in [7, 11) is -2.36. The van der Waals surface area contributed by atoms with Gasteiger partial charge in [-0.3, -0.25) is 0 Å². The first-order chi connectivity index (χ1) is 8.04. The van der Waals surface area contributed by atoms with Crippen LogP contribution in [0.5, 0.6) is 0 Å². The average molecular weight is 312 g/mol. The van der Waals surface area contributed by atoms with Gasteiger partial charge in [0.05, 0.1) is 0 Å². The van der Waals surface area contributed by atoms with Crippen molar-refractivity contribution in [3.63, 3.8) is 0 Å². The van der Waals surface area contributed by atoms with Crippen LogP contribution in [0.3, 0.4) is 0 Å². The molecular formula is C10H19F6N2P. The molecule has 0 spiro atoms. The van der Waals surface area contributed by atoms with Gasteiger partial charge in [-0.25, -0.2) is 4.58 Å². The molecule has 116 valence electrons. The molecular weight excluding hydrogens is 293 g/mol. The summed E-state index contributed by atoms with van der Waals surface area (Å²) in [5.41, 5.74) is 1.46. The maximum atomic E-state index is 9.87. The summed E-state index contributed by atoms with van der Waals surface area (Å²) in [6, 6.07) is 0. The van der Waals surface area contributed by atoms with E-state index in [1.165, 1.54) is 18.4 Å². The van der Waals surface area contributed by atoms with E-state index in [1.54, 1.807) is 0 Å². The quantitative estimate of drug-likeness (QED) is 0.320. The normalized spacial score (nSPS) is 19.6. The monoisotopic (exact) mass is 312 g/mol. The Bertz CT molecular complexity index is 362. The molecule has 0 aliphatic heterocycles. The fraction of sp³-hybridized carbons (Fsp3) is 0.700. The third kappa shape index (κ3) is 19.7. The van der Waals surface area contributed by atoms with Crippen molar-refractivity contribution in [2.24, 2.45) is 5.92 Å². The first kappa shape index (κ1) is 18.2. The molecule has 0 aromatic rings. The van der Waals surface area contributed by atoms with Crippen molar-refractivity contribution in [3.05, 3.63) is 11.8 Å². The molecule has 0 aromatic heterocycles. The van der Waals surface area contributed by atoms with Gasteiger partial charge >= 0.3 is 33.0 Å².